The quantitative estimate of drug-likeness (QED) is 0.860. The summed E-state index contributed by atoms with van der Waals surface area (Å²) in [4.78, 5) is 11.5. The van der Waals surface area contributed by atoms with Crippen LogP contribution in [0.1, 0.15) is 17.9 Å². The molecule has 1 N–H and O–H groups in total. The number of para-hydroxylation sites is 1. The number of fused-ring (bicyclic) bond motifs is 1. The standard InChI is InChI=1S/C18H19NO6S/c1-24-15-8-5-9-16(25-2)17(15)26(22,23)19-11-10-13(18(20)21)12-6-3-4-7-14(12)19/h3-9,13H,10-11H2,1-2H3,(H,20,21). The summed E-state index contributed by atoms with van der Waals surface area (Å²) in [5.74, 6) is -1.37. The van der Waals surface area contributed by atoms with Gasteiger partial charge in [0.15, 0.2) is 4.90 Å². The molecule has 1 aliphatic heterocycles. The van der Waals surface area contributed by atoms with Crippen molar-refractivity contribution >= 4 is 21.7 Å². The third-order valence-electron chi connectivity index (χ3n) is 4.43. The fourth-order valence-corrected chi connectivity index (χ4v) is 5.02. The van der Waals surface area contributed by atoms with Gasteiger partial charge in [-0.15, -0.1) is 0 Å². The minimum absolute atomic E-state index is 0.0531. The lowest BCUT2D eigenvalue weighted by Gasteiger charge is -2.33. The Morgan fingerprint density at radius 2 is 1.69 bits per heavy atom. The maximum absolute atomic E-state index is 13.4. The van der Waals surface area contributed by atoms with Gasteiger partial charge in [0.2, 0.25) is 0 Å². The number of carbonyl (C=O) groups is 1. The van der Waals surface area contributed by atoms with E-state index in [4.69, 9.17) is 9.47 Å². The van der Waals surface area contributed by atoms with Crippen LogP contribution in [-0.4, -0.2) is 40.3 Å². The van der Waals surface area contributed by atoms with Gasteiger partial charge in [0.25, 0.3) is 10.0 Å². The third-order valence-corrected chi connectivity index (χ3v) is 6.31. The molecule has 2 aromatic carbocycles. The number of nitrogens with zero attached hydrogens (tertiary/aromatic N) is 1. The summed E-state index contributed by atoms with van der Waals surface area (Å²) in [6.45, 7) is 0.0531. The van der Waals surface area contributed by atoms with E-state index in [1.165, 1.54) is 18.5 Å². The van der Waals surface area contributed by atoms with E-state index >= 15 is 0 Å². The monoisotopic (exact) mass is 377 g/mol. The molecule has 0 aromatic heterocycles. The van der Waals surface area contributed by atoms with Gasteiger partial charge in [0.1, 0.15) is 11.5 Å². The van der Waals surface area contributed by atoms with Gasteiger partial charge in [-0.25, -0.2) is 8.42 Å². The molecule has 1 unspecified atom stereocenters. The van der Waals surface area contributed by atoms with E-state index in [-0.39, 0.29) is 29.4 Å². The van der Waals surface area contributed by atoms with Gasteiger partial charge in [-0.2, -0.15) is 0 Å². The summed E-state index contributed by atoms with van der Waals surface area (Å²) in [5.41, 5.74) is 0.836. The molecule has 0 spiro atoms. The van der Waals surface area contributed by atoms with Crippen molar-refractivity contribution in [2.24, 2.45) is 0 Å². The normalized spacial score (nSPS) is 16.7. The average molecular weight is 377 g/mol. The second kappa shape index (κ2) is 6.87. The number of methoxy groups -OCH3 is 2. The zero-order chi connectivity index (χ0) is 18.9. The Bertz CT molecular complexity index is 918. The van der Waals surface area contributed by atoms with Crippen molar-refractivity contribution in [3.63, 3.8) is 0 Å². The van der Waals surface area contributed by atoms with Crippen LogP contribution in [0.3, 0.4) is 0 Å². The molecule has 1 heterocycles. The Morgan fingerprint density at radius 3 is 2.27 bits per heavy atom. The number of sulfonamides is 1. The summed E-state index contributed by atoms with van der Waals surface area (Å²) >= 11 is 0. The summed E-state index contributed by atoms with van der Waals surface area (Å²) in [5, 5.41) is 9.45. The molecule has 1 aliphatic rings. The van der Waals surface area contributed by atoms with Crippen LogP contribution in [0.15, 0.2) is 47.4 Å². The number of rotatable bonds is 5. The number of benzene rings is 2. The molecule has 0 bridgehead atoms. The summed E-state index contributed by atoms with van der Waals surface area (Å²) in [6.07, 6.45) is 0.184. The highest BCUT2D eigenvalue weighted by Gasteiger charge is 2.38. The summed E-state index contributed by atoms with van der Waals surface area (Å²) < 4.78 is 38.5. The van der Waals surface area contributed by atoms with Crippen LogP contribution in [0.4, 0.5) is 5.69 Å². The third kappa shape index (κ3) is 2.86. The van der Waals surface area contributed by atoms with E-state index in [1.807, 2.05) is 0 Å². The molecular formula is C18H19NO6S. The van der Waals surface area contributed by atoms with Gasteiger partial charge in [-0.05, 0) is 30.2 Å². The highest BCUT2D eigenvalue weighted by Crippen LogP contribution is 2.42. The van der Waals surface area contributed by atoms with Gasteiger partial charge >= 0.3 is 5.97 Å². The molecule has 26 heavy (non-hydrogen) atoms. The van der Waals surface area contributed by atoms with Gasteiger partial charge in [-0.1, -0.05) is 24.3 Å². The van der Waals surface area contributed by atoms with Gasteiger partial charge < -0.3 is 14.6 Å². The van der Waals surface area contributed by atoms with Crippen LogP contribution < -0.4 is 13.8 Å². The number of carboxylic acids is 1. The molecule has 0 radical (unpaired) electrons. The maximum atomic E-state index is 13.4. The molecule has 3 rings (SSSR count). The predicted octanol–water partition coefficient (Wildman–Crippen LogP) is 2.47. The molecule has 8 heteroatoms. The Hall–Kier alpha value is -2.74. The van der Waals surface area contributed by atoms with Crippen LogP contribution in [0.5, 0.6) is 11.5 Å². The van der Waals surface area contributed by atoms with Crippen molar-refractivity contribution in [3.8, 4) is 11.5 Å². The molecule has 0 amide bonds. The summed E-state index contributed by atoms with van der Waals surface area (Å²) in [6, 6.07) is 11.4. The van der Waals surface area contributed by atoms with Crippen LogP contribution in [0.2, 0.25) is 0 Å². The molecule has 1 atom stereocenters. The van der Waals surface area contributed by atoms with Crippen molar-refractivity contribution < 1.29 is 27.8 Å². The number of hydrogen-bond donors (Lipinski definition) is 1. The van der Waals surface area contributed by atoms with Crippen LogP contribution in [0.25, 0.3) is 0 Å². The molecule has 0 saturated carbocycles. The zero-order valence-electron chi connectivity index (χ0n) is 14.4. The molecule has 2 aromatic rings. The fraction of sp³-hybridized carbons (Fsp3) is 0.278. The number of aliphatic carboxylic acids is 1. The fourth-order valence-electron chi connectivity index (χ4n) is 3.22. The maximum Gasteiger partial charge on any atom is 0.311 e. The first-order valence-electron chi connectivity index (χ1n) is 7.97. The largest absolute Gasteiger partial charge is 0.495 e. The highest BCUT2D eigenvalue weighted by molar-refractivity contribution is 7.93. The Balaban J connectivity index is 2.18. The predicted molar refractivity (Wildman–Crippen MR) is 95.5 cm³/mol. The van der Waals surface area contributed by atoms with Gasteiger partial charge in [0, 0.05) is 6.54 Å². The van der Waals surface area contributed by atoms with Crippen molar-refractivity contribution in [2.45, 2.75) is 17.2 Å². The van der Waals surface area contributed by atoms with Gasteiger partial charge in [0.05, 0.1) is 25.8 Å². The van der Waals surface area contributed by atoms with Gasteiger partial charge in [-0.3, -0.25) is 9.10 Å². The van der Waals surface area contributed by atoms with E-state index in [2.05, 4.69) is 0 Å². The SMILES string of the molecule is COc1cccc(OC)c1S(=O)(=O)N1CCC(C(=O)O)c2ccccc21. The lowest BCUT2D eigenvalue weighted by molar-refractivity contribution is -0.139. The van der Waals surface area contributed by atoms with E-state index < -0.39 is 21.9 Å². The lowest BCUT2D eigenvalue weighted by atomic mass is 9.91. The van der Waals surface area contributed by atoms with E-state index in [9.17, 15) is 18.3 Å². The first-order chi connectivity index (χ1) is 12.4. The summed E-state index contributed by atoms with van der Waals surface area (Å²) in [7, 11) is -1.25. The average Bonchev–Trinajstić information content (AvgIpc) is 2.65. The van der Waals surface area contributed by atoms with Crippen molar-refractivity contribution in [1.29, 1.82) is 0 Å². The van der Waals surface area contributed by atoms with Crippen molar-refractivity contribution in [2.75, 3.05) is 25.1 Å². The van der Waals surface area contributed by atoms with Crippen LogP contribution in [-0.2, 0) is 14.8 Å². The van der Waals surface area contributed by atoms with Crippen molar-refractivity contribution in [3.05, 3.63) is 48.0 Å². The van der Waals surface area contributed by atoms with Crippen LogP contribution in [0, 0.1) is 0 Å². The molecule has 0 aliphatic carbocycles. The van der Waals surface area contributed by atoms with Crippen LogP contribution >= 0.6 is 0 Å². The van der Waals surface area contributed by atoms with E-state index in [0.717, 1.165) is 0 Å². The minimum Gasteiger partial charge on any atom is -0.495 e. The number of hydrogen-bond acceptors (Lipinski definition) is 5. The number of carboxylic acid groups (broad SMARTS) is 1. The number of ether oxygens (including phenoxy) is 2. The Labute approximate surface area is 151 Å². The number of anilines is 1. The highest BCUT2D eigenvalue weighted by atomic mass is 32.2. The Kier molecular flexibility index (Phi) is 4.78. The first-order valence-corrected chi connectivity index (χ1v) is 9.41. The van der Waals surface area contributed by atoms with E-state index in [0.29, 0.717) is 11.3 Å². The second-order valence-corrected chi connectivity index (χ2v) is 7.61. The van der Waals surface area contributed by atoms with Crippen molar-refractivity contribution in [1.82, 2.24) is 0 Å². The lowest BCUT2D eigenvalue weighted by Crippen LogP contribution is -2.38. The first kappa shape index (κ1) is 18.1. The minimum atomic E-state index is -4.02. The molecule has 7 nitrogen and oxygen atoms in total. The molecule has 0 fully saturated rings. The topological polar surface area (TPSA) is 93.1 Å². The molecule has 0 saturated heterocycles. The molecular weight excluding hydrogens is 358 g/mol. The second-order valence-electron chi connectivity index (χ2n) is 5.81. The Morgan fingerprint density at radius 1 is 1.08 bits per heavy atom. The smallest absolute Gasteiger partial charge is 0.311 e. The van der Waals surface area contributed by atoms with E-state index in [1.54, 1.807) is 42.5 Å². The molecule has 138 valence electrons. The zero-order valence-corrected chi connectivity index (χ0v) is 15.2.